The number of hydrogen-bond acceptors (Lipinski definition) is 4. The molecule has 4 nitrogen and oxygen atoms in total. The van der Waals surface area contributed by atoms with Gasteiger partial charge < -0.3 is 14.4 Å². The third-order valence-electron chi connectivity index (χ3n) is 2.71. The van der Waals surface area contributed by atoms with Crippen molar-refractivity contribution in [3.8, 4) is 0 Å². The zero-order chi connectivity index (χ0) is 13.9. The van der Waals surface area contributed by atoms with Crippen LogP contribution in [0.4, 0.5) is 5.82 Å². The fourth-order valence-electron chi connectivity index (χ4n) is 1.70. The zero-order valence-corrected chi connectivity index (χ0v) is 12.5. The van der Waals surface area contributed by atoms with Crippen molar-refractivity contribution in [2.45, 2.75) is 19.7 Å². The van der Waals surface area contributed by atoms with E-state index in [1.165, 1.54) is 0 Å². The van der Waals surface area contributed by atoms with Crippen molar-refractivity contribution in [1.82, 2.24) is 4.98 Å². The van der Waals surface area contributed by atoms with Crippen molar-refractivity contribution in [3.63, 3.8) is 0 Å². The lowest BCUT2D eigenvalue weighted by atomic mass is 10.3. The predicted molar refractivity (Wildman–Crippen MR) is 79.0 cm³/mol. The number of hydrogen-bond donors (Lipinski definition) is 0. The quantitative estimate of drug-likeness (QED) is 0.489. The minimum atomic E-state index is 0.500. The summed E-state index contributed by atoms with van der Waals surface area (Å²) in [4.78, 5) is 6.57. The number of halogens is 1. The molecule has 0 N–H and O–H groups in total. The summed E-state index contributed by atoms with van der Waals surface area (Å²) in [5.74, 6) is 1.43. The van der Waals surface area contributed by atoms with Gasteiger partial charge in [-0.25, -0.2) is 4.98 Å². The minimum absolute atomic E-state index is 0.500. The molecular formula is C14H23ClN2O2. The molecule has 0 amide bonds. The van der Waals surface area contributed by atoms with Gasteiger partial charge in [0.1, 0.15) is 5.82 Å². The standard InChI is InChI=1S/C14H23ClN2O2/c1-3-18-9-7-17(8-10-19-4-2)14-11-13(12-15)5-6-16-14/h5-6,11H,3-4,7-10,12H2,1-2H3. The Labute approximate surface area is 120 Å². The molecule has 0 aliphatic heterocycles. The maximum atomic E-state index is 5.86. The van der Waals surface area contributed by atoms with Crippen LogP contribution in [0.15, 0.2) is 18.3 Å². The molecule has 0 fully saturated rings. The molecule has 5 heteroatoms. The summed E-state index contributed by atoms with van der Waals surface area (Å²) in [7, 11) is 0. The lowest BCUT2D eigenvalue weighted by Gasteiger charge is -2.23. The van der Waals surface area contributed by atoms with E-state index in [-0.39, 0.29) is 0 Å². The summed E-state index contributed by atoms with van der Waals surface area (Å²) in [6.07, 6.45) is 1.79. The molecule has 0 atom stereocenters. The molecule has 1 aromatic rings. The lowest BCUT2D eigenvalue weighted by molar-refractivity contribution is 0.141. The number of nitrogens with zero attached hydrogens (tertiary/aromatic N) is 2. The van der Waals surface area contributed by atoms with Gasteiger partial charge in [0.2, 0.25) is 0 Å². The summed E-state index contributed by atoms with van der Waals surface area (Å²) >= 11 is 5.86. The second kappa shape index (κ2) is 10.0. The van der Waals surface area contributed by atoms with Gasteiger partial charge in [-0.3, -0.25) is 0 Å². The van der Waals surface area contributed by atoms with E-state index in [1.807, 2.05) is 26.0 Å². The van der Waals surface area contributed by atoms with E-state index in [1.54, 1.807) is 6.20 Å². The molecule has 0 aromatic carbocycles. The van der Waals surface area contributed by atoms with E-state index in [0.717, 1.165) is 37.7 Å². The van der Waals surface area contributed by atoms with Crippen LogP contribution in [0.3, 0.4) is 0 Å². The van der Waals surface area contributed by atoms with Crippen LogP contribution in [0.25, 0.3) is 0 Å². The highest BCUT2D eigenvalue weighted by Crippen LogP contribution is 2.14. The van der Waals surface area contributed by atoms with Crippen molar-refractivity contribution >= 4 is 17.4 Å². The van der Waals surface area contributed by atoms with Crippen LogP contribution in [0.1, 0.15) is 19.4 Å². The van der Waals surface area contributed by atoms with Gasteiger partial charge >= 0.3 is 0 Å². The van der Waals surface area contributed by atoms with Gasteiger partial charge in [-0.1, -0.05) is 0 Å². The van der Waals surface area contributed by atoms with E-state index < -0.39 is 0 Å². The Balaban J connectivity index is 2.63. The normalized spacial score (nSPS) is 10.7. The largest absolute Gasteiger partial charge is 0.380 e. The van der Waals surface area contributed by atoms with Crippen LogP contribution in [0.5, 0.6) is 0 Å². The third kappa shape index (κ3) is 6.23. The monoisotopic (exact) mass is 286 g/mol. The molecule has 0 unspecified atom stereocenters. The first-order valence-corrected chi connectivity index (χ1v) is 7.26. The first-order chi connectivity index (χ1) is 9.31. The first-order valence-electron chi connectivity index (χ1n) is 6.73. The smallest absolute Gasteiger partial charge is 0.128 e. The van der Waals surface area contributed by atoms with Gasteiger partial charge in [0.25, 0.3) is 0 Å². The number of rotatable bonds is 10. The highest BCUT2D eigenvalue weighted by Gasteiger charge is 2.08. The van der Waals surface area contributed by atoms with Crippen LogP contribution < -0.4 is 4.90 Å². The summed E-state index contributed by atoms with van der Waals surface area (Å²) in [5.41, 5.74) is 1.07. The number of aromatic nitrogens is 1. The fourth-order valence-corrected chi connectivity index (χ4v) is 1.86. The summed E-state index contributed by atoms with van der Waals surface area (Å²) in [5, 5.41) is 0. The average Bonchev–Trinajstić information content (AvgIpc) is 2.46. The highest BCUT2D eigenvalue weighted by atomic mass is 35.5. The molecular weight excluding hydrogens is 264 g/mol. The maximum absolute atomic E-state index is 5.86. The summed E-state index contributed by atoms with van der Waals surface area (Å²) in [6.45, 7) is 8.45. The molecule has 0 saturated heterocycles. The topological polar surface area (TPSA) is 34.6 Å². The highest BCUT2D eigenvalue weighted by molar-refractivity contribution is 6.17. The lowest BCUT2D eigenvalue weighted by Crippen LogP contribution is -2.31. The van der Waals surface area contributed by atoms with E-state index >= 15 is 0 Å². The van der Waals surface area contributed by atoms with E-state index in [9.17, 15) is 0 Å². The Morgan fingerprint density at radius 3 is 2.32 bits per heavy atom. The van der Waals surface area contributed by atoms with Gasteiger partial charge in [0.05, 0.1) is 13.2 Å². The zero-order valence-electron chi connectivity index (χ0n) is 11.8. The summed E-state index contributed by atoms with van der Waals surface area (Å²) < 4.78 is 10.8. The van der Waals surface area contributed by atoms with E-state index in [0.29, 0.717) is 19.1 Å². The van der Waals surface area contributed by atoms with Crippen molar-refractivity contribution in [3.05, 3.63) is 23.9 Å². The molecule has 0 saturated carbocycles. The Hall–Kier alpha value is -0.840. The molecule has 1 heterocycles. The van der Waals surface area contributed by atoms with Crippen LogP contribution in [0.2, 0.25) is 0 Å². The fraction of sp³-hybridized carbons (Fsp3) is 0.643. The molecule has 1 rings (SSSR count). The number of alkyl halides is 1. The maximum Gasteiger partial charge on any atom is 0.128 e. The van der Waals surface area contributed by atoms with Gasteiger partial charge in [-0.15, -0.1) is 11.6 Å². The second-order valence-corrected chi connectivity index (χ2v) is 4.30. The van der Waals surface area contributed by atoms with E-state index in [4.69, 9.17) is 21.1 Å². The number of ether oxygens (including phenoxy) is 2. The van der Waals surface area contributed by atoms with Crippen molar-refractivity contribution < 1.29 is 9.47 Å². The Bertz CT molecular complexity index is 340. The molecule has 19 heavy (non-hydrogen) atoms. The van der Waals surface area contributed by atoms with Crippen molar-refractivity contribution in [2.24, 2.45) is 0 Å². The number of anilines is 1. The van der Waals surface area contributed by atoms with Gasteiger partial charge in [0, 0.05) is 38.4 Å². The molecule has 108 valence electrons. The van der Waals surface area contributed by atoms with E-state index in [2.05, 4.69) is 9.88 Å². The van der Waals surface area contributed by atoms with Gasteiger partial charge in [-0.2, -0.15) is 0 Å². The minimum Gasteiger partial charge on any atom is -0.380 e. The van der Waals surface area contributed by atoms with Gasteiger partial charge in [-0.05, 0) is 31.5 Å². The molecule has 0 aliphatic rings. The van der Waals surface area contributed by atoms with Crippen molar-refractivity contribution in [2.75, 3.05) is 44.4 Å². The Kier molecular flexibility index (Phi) is 8.54. The molecule has 1 aromatic heterocycles. The molecule has 0 aliphatic carbocycles. The van der Waals surface area contributed by atoms with Gasteiger partial charge in [0.15, 0.2) is 0 Å². The first kappa shape index (κ1) is 16.2. The van der Waals surface area contributed by atoms with Crippen molar-refractivity contribution in [1.29, 1.82) is 0 Å². The Morgan fingerprint density at radius 2 is 1.79 bits per heavy atom. The Morgan fingerprint density at radius 1 is 1.16 bits per heavy atom. The second-order valence-electron chi connectivity index (χ2n) is 4.04. The third-order valence-corrected chi connectivity index (χ3v) is 3.02. The SMILES string of the molecule is CCOCCN(CCOCC)c1cc(CCl)ccn1. The molecule has 0 spiro atoms. The molecule has 0 bridgehead atoms. The van der Waals surface area contributed by atoms with Crippen LogP contribution >= 0.6 is 11.6 Å². The number of pyridine rings is 1. The average molecular weight is 287 g/mol. The summed E-state index contributed by atoms with van der Waals surface area (Å²) in [6, 6.07) is 3.95. The molecule has 0 radical (unpaired) electrons. The van der Waals surface area contributed by atoms with Crippen LogP contribution in [0, 0.1) is 0 Å². The van der Waals surface area contributed by atoms with Crippen LogP contribution in [-0.2, 0) is 15.4 Å². The predicted octanol–water partition coefficient (Wildman–Crippen LogP) is 2.70. The van der Waals surface area contributed by atoms with Crippen LogP contribution in [-0.4, -0.2) is 44.5 Å².